The summed E-state index contributed by atoms with van der Waals surface area (Å²) >= 11 is 0. The summed E-state index contributed by atoms with van der Waals surface area (Å²) in [6.07, 6.45) is 0. The van der Waals surface area contributed by atoms with Crippen LogP contribution in [0.3, 0.4) is 0 Å². The Balaban J connectivity index is 1.42. The zero-order valence-electron chi connectivity index (χ0n) is 15.6. The van der Waals surface area contributed by atoms with Crippen LogP contribution in [0.2, 0.25) is 0 Å². The maximum atomic E-state index is 12.3. The van der Waals surface area contributed by atoms with Crippen molar-refractivity contribution >= 4 is 17.6 Å². The highest BCUT2D eigenvalue weighted by Crippen LogP contribution is 2.11. The van der Waals surface area contributed by atoms with Crippen molar-refractivity contribution in [2.24, 2.45) is 0 Å². The molecule has 1 heterocycles. The molecule has 1 fully saturated rings. The van der Waals surface area contributed by atoms with Gasteiger partial charge in [0.15, 0.2) is 0 Å². The molecule has 1 N–H and O–H groups in total. The number of nitrogens with one attached hydrogen (secondary N) is 1. The SMILES string of the molecule is COC(=O)c1ccc(NC(=O)CN2CCN(Cc3ccccc3)CC2)cc1. The number of ether oxygens (including phenoxy) is 1. The molecular formula is C21H25N3O3. The van der Waals surface area contributed by atoms with Crippen LogP contribution in [0.15, 0.2) is 54.6 Å². The molecule has 0 aromatic heterocycles. The van der Waals surface area contributed by atoms with Crippen LogP contribution in [-0.4, -0.2) is 61.5 Å². The van der Waals surface area contributed by atoms with E-state index in [2.05, 4.69) is 44.1 Å². The summed E-state index contributed by atoms with van der Waals surface area (Å²) in [7, 11) is 1.34. The number of esters is 1. The first-order valence-electron chi connectivity index (χ1n) is 9.11. The Labute approximate surface area is 159 Å². The molecule has 0 unspecified atom stereocenters. The second-order valence-corrected chi connectivity index (χ2v) is 6.66. The van der Waals surface area contributed by atoms with Crippen LogP contribution in [0.5, 0.6) is 0 Å². The highest BCUT2D eigenvalue weighted by molar-refractivity contribution is 5.93. The van der Waals surface area contributed by atoms with Crippen LogP contribution in [0.4, 0.5) is 5.69 Å². The molecule has 0 atom stereocenters. The van der Waals surface area contributed by atoms with Gasteiger partial charge in [-0.1, -0.05) is 30.3 Å². The van der Waals surface area contributed by atoms with E-state index in [0.717, 1.165) is 32.7 Å². The lowest BCUT2D eigenvalue weighted by atomic mass is 10.2. The largest absolute Gasteiger partial charge is 0.465 e. The van der Waals surface area contributed by atoms with Crippen LogP contribution in [0, 0.1) is 0 Å². The van der Waals surface area contributed by atoms with Gasteiger partial charge in [0.2, 0.25) is 5.91 Å². The molecule has 0 aliphatic carbocycles. The number of piperazine rings is 1. The number of carbonyl (C=O) groups excluding carboxylic acids is 2. The van der Waals surface area contributed by atoms with E-state index in [0.29, 0.717) is 17.8 Å². The van der Waals surface area contributed by atoms with Gasteiger partial charge in [-0.3, -0.25) is 14.6 Å². The van der Waals surface area contributed by atoms with Gasteiger partial charge >= 0.3 is 5.97 Å². The molecule has 0 saturated carbocycles. The molecule has 0 bridgehead atoms. The predicted molar refractivity (Wildman–Crippen MR) is 105 cm³/mol. The molecule has 1 saturated heterocycles. The normalized spacial score (nSPS) is 15.3. The van der Waals surface area contributed by atoms with Crippen molar-refractivity contribution in [2.45, 2.75) is 6.54 Å². The smallest absolute Gasteiger partial charge is 0.337 e. The van der Waals surface area contributed by atoms with Crippen molar-refractivity contribution < 1.29 is 14.3 Å². The van der Waals surface area contributed by atoms with Gasteiger partial charge in [-0.05, 0) is 29.8 Å². The summed E-state index contributed by atoms with van der Waals surface area (Å²) in [5, 5.41) is 2.88. The van der Waals surface area contributed by atoms with E-state index in [1.807, 2.05) is 6.07 Å². The molecule has 6 nitrogen and oxygen atoms in total. The number of hydrogen-bond acceptors (Lipinski definition) is 5. The van der Waals surface area contributed by atoms with Crippen molar-refractivity contribution in [1.82, 2.24) is 9.80 Å². The quantitative estimate of drug-likeness (QED) is 0.794. The second kappa shape index (κ2) is 9.30. The molecule has 2 aromatic rings. The van der Waals surface area contributed by atoms with Crippen molar-refractivity contribution in [3.05, 3.63) is 65.7 Å². The second-order valence-electron chi connectivity index (χ2n) is 6.66. The lowest BCUT2D eigenvalue weighted by Crippen LogP contribution is -2.48. The molecule has 2 aromatic carbocycles. The Hall–Kier alpha value is -2.70. The Bertz CT molecular complexity index is 754. The summed E-state index contributed by atoms with van der Waals surface area (Å²) in [6.45, 7) is 4.99. The van der Waals surface area contributed by atoms with Crippen molar-refractivity contribution in [1.29, 1.82) is 0 Å². The summed E-state index contributed by atoms with van der Waals surface area (Å²) in [5.74, 6) is -0.432. The van der Waals surface area contributed by atoms with Crippen molar-refractivity contribution in [3.63, 3.8) is 0 Å². The number of nitrogens with zero attached hydrogens (tertiary/aromatic N) is 2. The van der Waals surface area contributed by atoms with E-state index in [1.54, 1.807) is 24.3 Å². The first-order valence-corrected chi connectivity index (χ1v) is 9.11. The van der Waals surface area contributed by atoms with Crippen LogP contribution in [0.1, 0.15) is 15.9 Å². The van der Waals surface area contributed by atoms with Crippen molar-refractivity contribution in [3.8, 4) is 0 Å². The van der Waals surface area contributed by atoms with Gasteiger partial charge in [-0.25, -0.2) is 4.79 Å². The molecule has 142 valence electrons. The number of amides is 1. The maximum absolute atomic E-state index is 12.3. The van der Waals surface area contributed by atoms with Gasteiger partial charge in [0.1, 0.15) is 0 Å². The Morgan fingerprint density at radius 1 is 0.926 bits per heavy atom. The summed E-state index contributed by atoms with van der Waals surface area (Å²) in [4.78, 5) is 28.3. The van der Waals surface area contributed by atoms with Gasteiger partial charge in [-0.2, -0.15) is 0 Å². The monoisotopic (exact) mass is 367 g/mol. The molecule has 0 spiro atoms. The minimum absolute atomic E-state index is 0.0441. The van der Waals surface area contributed by atoms with Gasteiger partial charge in [-0.15, -0.1) is 0 Å². The number of rotatable bonds is 6. The Morgan fingerprint density at radius 2 is 1.56 bits per heavy atom. The van der Waals surface area contributed by atoms with Crippen LogP contribution < -0.4 is 5.32 Å². The van der Waals surface area contributed by atoms with E-state index >= 15 is 0 Å². The average molecular weight is 367 g/mol. The minimum atomic E-state index is -0.388. The highest BCUT2D eigenvalue weighted by atomic mass is 16.5. The molecule has 1 aliphatic rings. The lowest BCUT2D eigenvalue weighted by Gasteiger charge is -2.34. The summed E-state index contributed by atoms with van der Waals surface area (Å²) in [5.41, 5.74) is 2.46. The number of anilines is 1. The van der Waals surface area contributed by atoms with E-state index in [1.165, 1.54) is 12.7 Å². The van der Waals surface area contributed by atoms with E-state index < -0.39 is 0 Å². The fourth-order valence-corrected chi connectivity index (χ4v) is 3.16. The first-order chi connectivity index (χ1) is 13.1. The van der Waals surface area contributed by atoms with Crippen molar-refractivity contribution in [2.75, 3.05) is 45.2 Å². The van der Waals surface area contributed by atoms with Gasteiger partial charge in [0, 0.05) is 38.4 Å². The Morgan fingerprint density at radius 3 is 2.19 bits per heavy atom. The van der Waals surface area contributed by atoms with Gasteiger partial charge < -0.3 is 10.1 Å². The molecular weight excluding hydrogens is 342 g/mol. The van der Waals surface area contributed by atoms with E-state index in [-0.39, 0.29) is 11.9 Å². The molecule has 1 amide bonds. The Kier molecular flexibility index (Phi) is 6.57. The predicted octanol–water partition coefficient (Wildman–Crippen LogP) is 2.23. The maximum Gasteiger partial charge on any atom is 0.337 e. The topological polar surface area (TPSA) is 61.9 Å². The summed E-state index contributed by atoms with van der Waals surface area (Å²) < 4.78 is 4.67. The molecule has 1 aliphatic heterocycles. The number of methoxy groups -OCH3 is 1. The average Bonchev–Trinajstić information content (AvgIpc) is 2.70. The third-order valence-corrected chi connectivity index (χ3v) is 4.67. The fraction of sp³-hybridized carbons (Fsp3) is 0.333. The van der Waals surface area contributed by atoms with Gasteiger partial charge in [0.05, 0.1) is 19.2 Å². The first kappa shape index (κ1) is 19.1. The molecule has 0 radical (unpaired) electrons. The third-order valence-electron chi connectivity index (χ3n) is 4.67. The van der Waals surface area contributed by atoms with E-state index in [9.17, 15) is 9.59 Å². The third kappa shape index (κ3) is 5.64. The fourth-order valence-electron chi connectivity index (χ4n) is 3.16. The number of hydrogen-bond donors (Lipinski definition) is 1. The van der Waals surface area contributed by atoms with Gasteiger partial charge in [0.25, 0.3) is 0 Å². The minimum Gasteiger partial charge on any atom is -0.465 e. The van der Waals surface area contributed by atoms with Crippen LogP contribution in [0.25, 0.3) is 0 Å². The number of carbonyl (C=O) groups is 2. The van der Waals surface area contributed by atoms with E-state index in [4.69, 9.17) is 0 Å². The van der Waals surface area contributed by atoms with Crippen LogP contribution in [-0.2, 0) is 16.1 Å². The lowest BCUT2D eigenvalue weighted by molar-refractivity contribution is -0.117. The molecule has 27 heavy (non-hydrogen) atoms. The standard InChI is InChI=1S/C21H25N3O3/c1-27-21(26)18-7-9-19(10-8-18)22-20(25)16-24-13-11-23(12-14-24)15-17-5-3-2-4-6-17/h2-10H,11-16H2,1H3,(H,22,25). The van der Waals surface area contributed by atoms with Crippen LogP contribution >= 0.6 is 0 Å². The highest BCUT2D eigenvalue weighted by Gasteiger charge is 2.19. The zero-order valence-corrected chi connectivity index (χ0v) is 15.6. The molecule has 3 rings (SSSR count). The zero-order chi connectivity index (χ0) is 19.1. The summed E-state index contributed by atoms with van der Waals surface area (Å²) in [6, 6.07) is 17.2. The number of benzene rings is 2. The molecule has 6 heteroatoms.